The molecular weight excluding hydrogens is 395 g/mol. The Hall–Kier alpha value is -2.15. The van der Waals surface area contributed by atoms with E-state index in [2.05, 4.69) is 10.3 Å². The van der Waals surface area contributed by atoms with Crippen LogP contribution in [0.25, 0.3) is 6.08 Å². The van der Waals surface area contributed by atoms with Gasteiger partial charge < -0.3 is 14.8 Å². The van der Waals surface area contributed by atoms with Gasteiger partial charge in [-0.1, -0.05) is 23.2 Å². The van der Waals surface area contributed by atoms with Crippen LogP contribution in [0.3, 0.4) is 0 Å². The lowest BCUT2D eigenvalue weighted by molar-refractivity contribution is -0.115. The molecule has 1 heterocycles. The molecule has 0 aromatic heterocycles. The summed E-state index contributed by atoms with van der Waals surface area (Å²) in [4.78, 5) is 17.1. The van der Waals surface area contributed by atoms with Crippen LogP contribution in [0.5, 0.6) is 11.5 Å². The highest BCUT2D eigenvalue weighted by atomic mass is 35.5. The molecule has 0 saturated carbocycles. The summed E-state index contributed by atoms with van der Waals surface area (Å²) in [6.45, 7) is 0. The number of halogens is 2. The lowest BCUT2D eigenvalue weighted by Gasteiger charge is -2.07. The predicted octanol–water partition coefficient (Wildman–Crippen LogP) is 4.90. The van der Waals surface area contributed by atoms with Crippen molar-refractivity contribution in [1.82, 2.24) is 5.32 Å². The Morgan fingerprint density at radius 3 is 2.58 bits per heavy atom. The number of methoxy groups -OCH3 is 2. The molecule has 8 heteroatoms. The number of ether oxygens (including phenoxy) is 2. The first-order chi connectivity index (χ1) is 12.5. The SMILES string of the molecule is COc1ccc(OC)c(/C=C2/SC(=Nc3ccc(Cl)c(Cl)c3)NC2=O)c1. The van der Waals surface area contributed by atoms with E-state index in [1.54, 1.807) is 56.7 Å². The first kappa shape index (κ1) is 18.6. The first-order valence-electron chi connectivity index (χ1n) is 7.47. The zero-order valence-electron chi connectivity index (χ0n) is 13.9. The van der Waals surface area contributed by atoms with Crippen LogP contribution < -0.4 is 14.8 Å². The maximum atomic E-state index is 12.3. The van der Waals surface area contributed by atoms with E-state index in [0.29, 0.717) is 37.3 Å². The summed E-state index contributed by atoms with van der Waals surface area (Å²) >= 11 is 13.1. The Kier molecular flexibility index (Phi) is 5.76. The third-order valence-corrected chi connectivity index (χ3v) is 5.16. The lowest BCUT2D eigenvalue weighted by atomic mass is 10.1. The predicted molar refractivity (Wildman–Crippen MR) is 107 cm³/mol. The third kappa shape index (κ3) is 4.15. The molecular formula is C18H14Cl2N2O3S. The number of thioether (sulfide) groups is 1. The lowest BCUT2D eigenvalue weighted by Crippen LogP contribution is -2.19. The molecule has 0 bridgehead atoms. The zero-order valence-corrected chi connectivity index (χ0v) is 16.2. The van der Waals surface area contributed by atoms with Gasteiger partial charge in [0.25, 0.3) is 5.91 Å². The van der Waals surface area contributed by atoms with Gasteiger partial charge in [-0.3, -0.25) is 4.79 Å². The van der Waals surface area contributed by atoms with Crippen molar-refractivity contribution >= 4 is 57.8 Å². The minimum atomic E-state index is -0.237. The third-order valence-electron chi connectivity index (χ3n) is 3.51. The van der Waals surface area contributed by atoms with Crippen molar-refractivity contribution in [1.29, 1.82) is 0 Å². The standard InChI is InChI=1S/C18H14Cl2N2O3S/c1-24-12-4-6-15(25-2)10(7-12)8-16-17(23)22-18(26-16)21-11-3-5-13(19)14(20)9-11/h3-9H,1-2H3,(H,21,22,23)/b16-8+. The summed E-state index contributed by atoms with van der Waals surface area (Å²) in [6.07, 6.45) is 1.73. The van der Waals surface area contributed by atoms with Crippen LogP contribution in [-0.4, -0.2) is 25.3 Å². The van der Waals surface area contributed by atoms with E-state index in [9.17, 15) is 4.79 Å². The average molecular weight is 409 g/mol. The van der Waals surface area contributed by atoms with Crippen molar-refractivity contribution in [2.45, 2.75) is 0 Å². The van der Waals surface area contributed by atoms with Crippen LogP contribution in [0.4, 0.5) is 5.69 Å². The van der Waals surface area contributed by atoms with Crippen molar-refractivity contribution in [2.75, 3.05) is 14.2 Å². The molecule has 5 nitrogen and oxygen atoms in total. The van der Waals surface area contributed by atoms with E-state index < -0.39 is 0 Å². The van der Waals surface area contributed by atoms with Crippen molar-refractivity contribution in [3.63, 3.8) is 0 Å². The minimum Gasteiger partial charge on any atom is -0.497 e. The van der Waals surface area contributed by atoms with Crippen molar-refractivity contribution in [3.8, 4) is 11.5 Å². The molecule has 0 radical (unpaired) electrons. The van der Waals surface area contributed by atoms with Gasteiger partial charge in [0, 0.05) is 5.56 Å². The van der Waals surface area contributed by atoms with E-state index in [4.69, 9.17) is 32.7 Å². The molecule has 0 unspecified atom stereocenters. The second-order valence-corrected chi connectivity index (χ2v) is 7.03. The van der Waals surface area contributed by atoms with Crippen LogP contribution >= 0.6 is 35.0 Å². The number of nitrogens with one attached hydrogen (secondary N) is 1. The summed E-state index contributed by atoms with van der Waals surface area (Å²) in [5.74, 6) is 1.08. The van der Waals surface area contributed by atoms with E-state index in [1.165, 1.54) is 11.8 Å². The number of rotatable bonds is 4. The minimum absolute atomic E-state index is 0.237. The van der Waals surface area contributed by atoms with Gasteiger partial charge in [-0.15, -0.1) is 0 Å². The largest absolute Gasteiger partial charge is 0.497 e. The van der Waals surface area contributed by atoms with E-state index in [-0.39, 0.29) is 5.91 Å². The van der Waals surface area contributed by atoms with Crippen LogP contribution in [0.1, 0.15) is 5.56 Å². The van der Waals surface area contributed by atoms with E-state index in [1.807, 2.05) is 0 Å². The molecule has 1 N–H and O–H groups in total. The number of carbonyl (C=O) groups excluding carboxylic acids is 1. The molecule has 0 atom stereocenters. The Morgan fingerprint density at radius 2 is 1.88 bits per heavy atom. The molecule has 1 aliphatic heterocycles. The van der Waals surface area contributed by atoms with Gasteiger partial charge in [-0.05, 0) is 54.2 Å². The summed E-state index contributed by atoms with van der Waals surface area (Å²) in [7, 11) is 3.15. The van der Waals surface area contributed by atoms with Gasteiger partial charge in [0.15, 0.2) is 5.17 Å². The summed E-state index contributed by atoms with van der Waals surface area (Å²) in [5.41, 5.74) is 1.34. The average Bonchev–Trinajstić information content (AvgIpc) is 2.97. The van der Waals surface area contributed by atoms with Crippen LogP contribution in [0.2, 0.25) is 10.0 Å². The number of nitrogens with zero attached hydrogens (tertiary/aromatic N) is 1. The number of hydrogen-bond acceptors (Lipinski definition) is 5. The van der Waals surface area contributed by atoms with Crippen LogP contribution in [0.15, 0.2) is 46.3 Å². The molecule has 1 aliphatic rings. The number of carbonyl (C=O) groups is 1. The maximum absolute atomic E-state index is 12.3. The smallest absolute Gasteiger partial charge is 0.264 e. The van der Waals surface area contributed by atoms with E-state index in [0.717, 1.165) is 5.56 Å². The number of aliphatic imine (C=N–C) groups is 1. The van der Waals surface area contributed by atoms with Gasteiger partial charge in [0.2, 0.25) is 0 Å². The molecule has 3 rings (SSSR count). The molecule has 1 amide bonds. The molecule has 1 fully saturated rings. The highest BCUT2D eigenvalue weighted by Gasteiger charge is 2.24. The van der Waals surface area contributed by atoms with Gasteiger partial charge >= 0.3 is 0 Å². The molecule has 26 heavy (non-hydrogen) atoms. The monoisotopic (exact) mass is 408 g/mol. The maximum Gasteiger partial charge on any atom is 0.264 e. The zero-order chi connectivity index (χ0) is 18.7. The fourth-order valence-electron chi connectivity index (χ4n) is 2.25. The summed E-state index contributed by atoms with van der Waals surface area (Å²) < 4.78 is 10.6. The molecule has 0 aliphatic carbocycles. The second-order valence-electron chi connectivity index (χ2n) is 5.19. The summed E-state index contributed by atoms with van der Waals surface area (Å²) in [5, 5.41) is 4.04. The summed E-state index contributed by atoms with van der Waals surface area (Å²) in [6, 6.07) is 10.4. The number of hydrogen-bond donors (Lipinski definition) is 1. The Bertz CT molecular complexity index is 929. The Balaban J connectivity index is 1.89. The van der Waals surface area contributed by atoms with Gasteiger partial charge in [0.05, 0.1) is 34.9 Å². The molecule has 2 aromatic carbocycles. The second kappa shape index (κ2) is 8.03. The highest BCUT2D eigenvalue weighted by Crippen LogP contribution is 2.33. The molecule has 2 aromatic rings. The number of amidine groups is 1. The fraction of sp³-hybridized carbons (Fsp3) is 0.111. The van der Waals surface area contributed by atoms with Gasteiger partial charge in [-0.25, -0.2) is 4.99 Å². The quantitative estimate of drug-likeness (QED) is 0.730. The van der Waals surface area contributed by atoms with Gasteiger partial charge in [-0.2, -0.15) is 0 Å². The van der Waals surface area contributed by atoms with E-state index >= 15 is 0 Å². The Labute approximate surface area is 165 Å². The Morgan fingerprint density at radius 1 is 1.08 bits per heavy atom. The van der Waals surface area contributed by atoms with Crippen LogP contribution in [0, 0.1) is 0 Å². The first-order valence-corrected chi connectivity index (χ1v) is 9.04. The van der Waals surface area contributed by atoms with Crippen molar-refractivity contribution in [2.24, 2.45) is 4.99 Å². The topological polar surface area (TPSA) is 59.9 Å². The normalized spacial score (nSPS) is 16.8. The molecule has 0 spiro atoms. The van der Waals surface area contributed by atoms with Crippen molar-refractivity contribution < 1.29 is 14.3 Å². The molecule has 134 valence electrons. The number of benzene rings is 2. The van der Waals surface area contributed by atoms with Crippen molar-refractivity contribution in [3.05, 3.63) is 56.9 Å². The molecule has 1 saturated heterocycles. The number of amides is 1. The fourth-order valence-corrected chi connectivity index (χ4v) is 3.37. The van der Waals surface area contributed by atoms with Gasteiger partial charge in [0.1, 0.15) is 11.5 Å². The highest BCUT2D eigenvalue weighted by molar-refractivity contribution is 8.18. The van der Waals surface area contributed by atoms with Crippen LogP contribution in [-0.2, 0) is 4.79 Å².